The minimum Gasteiger partial charge on any atom is -0.345 e. The third-order valence-corrected chi connectivity index (χ3v) is 4.18. The van der Waals surface area contributed by atoms with Gasteiger partial charge in [-0.1, -0.05) is 47.5 Å². The highest BCUT2D eigenvalue weighted by molar-refractivity contribution is 6.33. The second-order valence-electron chi connectivity index (χ2n) is 4.35. The molecule has 0 saturated carbocycles. The van der Waals surface area contributed by atoms with E-state index in [2.05, 4.69) is 0 Å². The smallest absolute Gasteiger partial charge is 0.225 e. The fourth-order valence-corrected chi connectivity index (χ4v) is 3.38. The summed E-state index contributed by atoms with van der Waals surface area (Å²) in [4.78, 5) is 0. The van der Waals surface area contributed by atoms with Gasteiger partial charge in [-0.15, -0.1) is 0 Å². The SMILES string of the molecule is COC1(OC)c2c(Cl)cccc2-c2cccc(Cl)c21. The first-order chi connectivity index (χ1) is 9.15. The molecule has 4 heteroatoms. The molecule has 0 amide bonds. The second-order valence-corrected chi connectivity index (χ2v) is 5.16. The normalized spacial score (nSPS) is 15.2. The van der Waals surface area contributed by atoms with Crippen molar-refractivity contribution >= 4 is 23.2 Å². The van der Waals surface area contributed by atoms with Gasteiger partial charge in [0, 0.05) is 25.3 Å². The van der Waals surface area contributed by atoms with E-state index in [1.807, 2.05) is 36.4 Å². The molecule has 0 N–H and O–H groups in total. The van der Waals surface area contributed by atoms with Crippen molar-refractivity contribution in [3.63, 3.8) is 0 Å². The molecule has 2 aromatic rings. The summed E-state index contributed by atoms with van der Waals surface area (Å²) in [7, 11) is 3.18. The highest BCUT2D eigenvalue weighted by Crippen LogP contribution is 2.54. The third kappa shape index (κ3) is 1.58. The lowest BCUT2D eigenvalue weighted by atomic mass is 10.0. The molecule has 0 aliphatic heterocycles. The van der Waals surface area contributed by atoms with Gasteiger partial charge in [0.15, 0.2) is 0 Å². The zero-order valence-corrected chi connectivity index (χ0v) is 12.0. The number of halogens is 2. The van der Waals surface area contributed by atoms with E-state index in [-0.39, 0.29) is 0 Å². The van der Waals surface area contributed by atoms with Crippen molar-refractivity contribution in [2.24, 2.45) is 0 Å². The van der Waals surface area contributed by atoms with E-state index >= 15 is 0 Å². The maximum absolute atomic E-state index is 6.35. The van der Waals surface area contributed by atoms with Crippen LogP contribution in [0.2, 0.25) is 10.0 Å². The predicted molar refractivity (Wildman–Crippen MR) is 76.7 cm³/mol. The van der Waals surface area contributed by atoms with Gasteiger partial charge in [0.25, 0.3) is 0 Å². The van der Waals surface area contributed by atoms with Crippen molar-refractivity contribution in [3.8, 4) is 11.1 Å². The van der Waals surface area contributed by atoms with E-state index in [0.29, 0.717) is 10.0 Å². The van der Waals surface area contributed by atoms with Gasteiger partial charge >= 0.3 is 0 Å². The Labute approximate surface area is 121 Å². The van der Waals surface area contributed by atoms with Crippen LogP contribution >= 0.6 is 23.2 Å². The largest absolute Gasteiger partial charge is 0.345 e. The molecule has 98 valence electrons. The molecular formula is C15H12Cl2O2. The van der Waals surface area contributed by atoms with Gasteiger partial charge < -0.3 is 9.47 Å². The van der Waals surface area contributed by atoms with Gasteiger partial charge in [-0.2, -0.15) is 0 Å². The maximum Gasteiger partial charge on any atom is 0.225 e. The molecular weight excluding hydrogens is 283 g/mol. The van der Waals surface area contributed by atoms with E-state index in [1.54, 1.807) is 14.2 Å². The summed E-state index contributed by atoms with van der Waals surface area (Å²) in [5, 5.41) is 1.21. The van der Waals surface area contributed by atoms with Crippen LogP contribution in [-0.2, 0) is 15.3 Å². The lowest BCUT2D eigenvalue weighted by molar-refractivity contribution is -0.180. The van der Waals surface area contributed by atoms with Gasteiger partial charge in [-0.3, -0.25) is 0 Å². The summed E-state index contributed by atoms with van der Waals surface area (Å²) in [5.41, 5.74) is 3.61. The number of methoxy groups -OCH3 is 2. The highest BCUT2D eigenvalue weighted by Gasteiger charge is 2.47. The Morgan fingerprint density at radius 1 is 0.789 bits per heavy atom. The summed E-state index contributed by atoms with van der Waals surface area (Å²) in [6.07, 6.45) is 0. The molecule has 0 bridgehead atoms. The van der Waals surface area contributed by atoms with Gasteiger partial charge in [-0.25, -0.2) is 0 Å². The van der Waals surface area contributed by atoms with Crippen LogP contribution in [0.5, 0.6) is 0 Å². The van der Waals surface area contributed by atoms with Crippen LogP contribution in [0.1, 0.15) is 11.1 Å². The van der Waals surface area contributed by atoms with E-state index in [9.17, 15) is 0 Å². The Kier molecular flexibility index (Phi) is 3.06. The molecule has 0 unspecified atom stereocenters. The Morgan fingerprint density at radius 3 is 1.58 bits per heavy atom. The van der Waals surface area contributed by atoms with Crippen molar-refractivity contribution in [1.29, 1.82) is 0 Å². The van der Waals surface area contributed by atoms with E-state index < -0.39 is 5.79 Å². The molecule has 1 aliphatic rings. The van der Waals surface area contributed by atoms with Crippen LogP contribution in [0.3, 0.4) is 0 Å². The summed E-state index contributed by atoms with van der Waals surface area (Å²) >= 11 is 12.7. The lowest BCUT2D eigenvalue weighted by Crippen LogP contribution is -2.30. The Bertz CT molecular complexity index is 595. The second kappa shape index (κ2) is 4.50. The van der Waals surface area contributed by atoms with E-state index in [1.165, 1.54) is 0 Å². The van der Waals surface area contributed by atoms with Gasteiger partial charge in [0.2, 0.25) is 5.79 Å². The van der Waals surface area contributed by atoms with Crippen LogP contribution in [0.15, 0.2) is 36.4 Å². The minimum atomic E-state index is -1.04. The van der Waals surface area contributed by atoms with Gasteiger partial charge in [0.1, 0.15) is 0 Å². The predicted octanol–water partition coefficient (Wildman–Crippen LogP) is 4.47. The molecule has 0 fully saturated rings. The lowest BCUT2D eigenvalue weighted by Gasteiger charge is -2.29. The monoisotopic (exact) mass is 294 g/mol. The molecule has 0 radical (unpaired) electrons. The topological polar surface area (TPSA) is 18.5 Å². The molecule has 0 spiro atoms. The summed E-state index contributed by atoms with van der Waals surface area (Å²) < 4.78 is 11.3. The Morgan fingerprint density at radius 2 is 1.21 bits per heavy atom. The van der Waals surface area contributed by atoms with Crippen LogP contribution in [0.4, 0.5) is 0 Å². The quantitative estimate of drug-likeness (QED) is 0.761. The number of fused-ring (bicyclic) bond motifs is 3. The van der Waals surface area contributed by atoms with Crippen LogP contribution in [0, 0.1) is 0 Å². The summed E-state index contributed by atoms with van der Waals surface area (Å²) in [6, 6.07) is 11.5. The van der Waals surface area contributed by atoms with E-state index in [0.717, 1.165) is 22.3 Å². The zero-order valence-electron chi connectivity index (χ0n) is 10.5. The molecule has 0 saturated heterocycles. The fourth-order valence-electron chi connectivity index (χ4n) is 2.78. The fraction of sp³-hybridized carbons (Fsp3) is 0.200. The molecule has 2 nitrogen and oxygen atoms in total. The molecule has 1 aliphatic carbocycles. The standard InChI is InChI=1S/C15H12Cl2O2/c1-18-15(19-2)13-9(5-3-7-11(13)16)10-6-4-8-12(17)14(10)15/h3-8H,1-2H3. The molecule has 19 heavy (non-hydrogen) atoms. The van der Waals surface area contributed by atoms with Crippen molar-refractivity contribution < 1.29 is 9.47 Å². The number of rotatable bonds is 2. The minimum absolute atomic E-state index is 0.605. The zero-order chi connectivity index (χ0) is 13.6. The molecule has 3 rings (SSSR count). The molecule has 2 aromatic carbocycles. The first kappa shape index (κ1) is 12.9. The van der Waals surface area contributed by atoms with Crippen molar-refractivity contribution in [1.82, 2.24) is 0 Å². The van der Waals surface area contributed by atoms with Crippen molar-refractivity contribution in [2.75, 3.05) is 14.2 Å². The average Bonchev–Trinajstić information content (AvgIpc) is 2.72. The number of benzene rings is 2. The molecule has 0 atom stereocenters. The average molecular weight is 295 g/mol. The Balaban J connectivity index is 2.46. The number of hydrogen-bond acceptors (Lipinski definition) is 2. The van der Waals surface area contributed by atoms with Crippen molar-refractivity contribution in [2.45, 2.75) is 5.79 Å². The number of ether oxygens (including phenoxy) is 2. The highest BCUT2D eigenvalue weighted by atomic mass is 35.5. The summed E-state index contributed by atoms with van der Waals surface area (Å²) in [6.45, 7) is 0. The Hall–Kier alpha value is -1.06. The molecule has 0 heterocycles. The molecule has 0 aromatic heterocycles. The maximum atomic E-state index is 6.35. The third-order valence-electron chi connectivity index (χ3n) is 3.55. The number of hydrogen-bond donors (Lipinski definition) is 0. The van der Waals surface area contributed by atoms with Crippen LogP contribution < -0.4 is 0 Å². The van der Waals surface area contributed by atoms with Gasteiger partial charge in [0.05, 0.1) is 10.0 Å². The first-order valence-corrected chi connectivity index (χ1v) is 6.60. The van der Waals surface area contributed by atoms with Crippen molar-refractivity contribution in [3.05, 3.63) is 57.6 Å². The van der Waals surface area contributed by atoms with Crippen LogP contribution in [-0.4, -0.2) is 14.2 Å². The summed E-state index contributed by atoms with van der Waals surface area (Å²) in [5.74, 6) is -1.04. The van der Waals surface area contributed by atoms with Crippen LogP contribution in [0.25, 0.3) is 11.1 Å². The van der Waals surface area contributed by atoms with E-state index in [4.69, 9.17) is 32.7 Å². The first-order valence-electron chi connectivity index (χ1n) is 5.84. The van der Waals surface area contributed by atoms with Gasteiger partial charge in [-0.05, 0) is 23.3 Å².